The maximum absolute atomic E-state index is 11.8. The molecule has 0 atom stereocenters. The molecule has 0 aliphatic rings. The van der Waals surface area contributed by atoms with E-state index in [1.807, 2.05) is 24.3 Å². The highest BCUT2D eigenvalue weighted by molar-refractivity contribution is 5.95. The molecule has 2 rings (SSSR count). The normalized spacial score (nSPS) is 10.7. The highest BCUT2D eigenvalue weighted by Gasteiger charge is 2.15. The maximum Gasteiger partial charge on any atom is 0.354 e. The van der Waals surface area contributed by atoms with Crippen molar-refractivity contribution in [1.82, 2.24) is 4.57 Å². The lowest BCUT2D eigenvalue weighted by Gasteiger charge is -2.07. The highest BCUT2D eigenvalue weighted by atomic mass is 16.5. The number of esters is 1. The van der Waals surface area contributed by atoms with Crippen LogP contribution in [0.25, 0.3) is 10.9 Å². The van der Waals surface area contributed by atoms with E-state index < -0.39 is 0 Å². The van der Waals surface area contributed by atoms with Crippen molar-refractivity contribution in [3.05, 3.63) is 36.0 Å². The van der Waals surface area contributed by atoms with Gasteiger partial charge in [-0.15, -0.1) is 0 Å². The van der Waals surface area contributed by atoms with Gasteiger partial charge in [0.2, 0.25) is 0 Å². The Labute approximate surface area is 99.4 Å². The van der Waals surface area contributed by atoms with Gasteiger partial charge in [0.15, 0.2) is 0 Å². The van der Waals surface area contributed by atoms with Crippen molar-refractivity contribution in [3.63, 3.8) is 0 Å². The number of benzene rings is 1. The lowest BCUT2D eigenvalue weighted by atomic mass is 10.2. The van der Waals surface area contributed by atoms with Gasteiger partial charge in [-0.1, -0.05) is 18.2 Å². The van der Waals surface area contributed by atoms with Gasteiger partial charge in [-0.3, -0.25) is 0 Å². The third-order valence-corrected chi connectivity index (χ3v) is 2.62. The molecule has 1 aromatic heterocycles. The average molecular weight is 233 g/mol. The third-order valence-electron chi connectivity index (χ3n) is 2.62. The van der Waals surface area contributed by atoms with Crippen LogP contribution in [0.5, 0.6) is 0 Å². The van der Waals surface area contributed by atoms with E-state index in [1.165, 1.54) is 0 Å². The molecular formula is C13H15NO3. The van der Waals surface area contributed by atoms with Gasteiger partial charge in [-0.25, -0.2) is 4.79 Å². The lowest BCUT2D eigenvalue weighted by molar-refractivity contribution is 0.0513. The summed E-state index contributed by atoms with van der Waals surface area (Å²) in [4.78, 5) is 11.8. The number of aliphatic hydroxyl groups excluding tert-OH is 1. The van der Waals surface area contributed by atoms with Crippen LogP contribution in [-0.2, 0) is 11.3 Å². The van der Waals surface area contributed by atoms with Gasteiger partial charge in [-0.2, -0.15) is 0 Å². The van der Waals surface area contributed by atoms with E-state index in [1.54, 1.807) is 17.6 Å². The molecule has 0 bridgehead atoms. The van der Waals surface area contributed by atoms with E-state index in [9.17, 15) is 4.79 Å². The fourth-order valence-corrected chi connectivity index (χ4v) is 1.93. The van der Waals surface area contributed by atoms with Gasteiger partial charge >= 0.3 is 5.97 Å². The molecule has 17 heavy (non-hydrogen) atoms. The fraction of sp³-hybridized carbons (Fsp3) is 0.308. The minimum atomic E-state index is -0.350. The summed E-state index contributed by atoms with van der Waals surface area (Å²) < 4.78 is 6.79. The van der Waals surface area contributed by atoms with E-state index in [0.717, 1.165) is 10.9 Å². The zero-order valence-electron chi connectivity index (χ0n) is 9.72. The van der Waals surface area contributed by atoms with E-state index in [4.69, 9.17) is 9.84 Å². The first-order valence-electron chi connectivity index (χ1n) is 5.64. The Morgan fingerprint density at radius 2 is 2.18 bits per heavy atom. The average Bonchev–Trinajstić information content (AvgIpc) is 2.70. The molecule has 1 aromatic carbocycles. The van der Waals surface area contributed by atoms with Gasteiger partial charge in [0.05, 0.1) is 13.2 Å². The second kappa shape index (κ2) is 5.01. The van der Waals surface area contributed by atoms with Crippen molar-refractivity contribution in [2.75, 3.05) is 13.2 Å². The van der Waals surface area contributed by atoms with Crippen LogP contribution in [0.1, 0.15) is 17.4 Å². The Hall–Kier alpha value is -1.81. The summed E-state index contributed by atoms with van der Waals surface area (Å²) >= 11 is 0. The van der Waals surface area contributed by atoms with E-state index in [-0.39, 0.29) is 12.6 Å². The molecule has 2 aromatic rings. The second-order valence-corrected chi connectivity index (χ2v) is 3.68. The smallest absolute Gasteiger partial charge is 0.354 e. The number of aromatic nitrogens is 1. The van der Waals surface area contributed by atoms with Crippen molar-refractivity contribution in [3.8, 4) is 0 Å². The number of rotatable bonds is 4. The largest absolute Gasteiger partial charge is 0.461 e. The SMILES string of the molecule is CCOC(=O)c1cc2ccccc2n1CCO. The Balaban J connectivity index is 2.53. The Morgan fingerprint density at radius 1 is 1.41 bits per heavy atom. The molecule has 0 aliphatic heterocycles. The number of carbonyl (C=O) groups excluding carboxylic acids is 1. The third kappa shape index (κ3) is 2.17. The van der Waals surface area contributed by atoms with Crippen LogP contribution in [0.4, 0.5) is 0 Å². The Morgan fingerprint density at radius 3 is 2.88 bits per heavy atom. The zero-order chi connectivity index (χ0) is 12.3. The van der Waals surface area contributed by atoms with Gasteiger partial charge in [0.25, 0.3) is 0 Å². The summed E-state index contributed by atoms with van der Waals surface area (Å²) in [7, 11) is 0. The van der Waals surface area contributed by atoms with Gasteiger partial charge in [0.1, 0.15) is 5.69 Å². The summed E-state index contributed by atoms with van der Waals surface area (Å²) in [6.07, 6.45) is 0. The summed E-state index contributed by atoms with van der Waals surface area (Å²) in [6.45, 7) is 2.50. The number of hydrogen-bond acceptors (Lipinski definition) is 3. The number of nitrogens with zero attached hydrogens (tertiary/aromatic N) is 1. The predicted molar refractivity (Wildman–Crippen MR) is 65.0 cm³/mol. The maximum atomic E-state index is 11.8. The highest BCUT2D eigenvalue weighted by Crippen LogP contribution is 2.20. The second-order valence-electron chi connectivity index (χ2n) is 3.68. The van der Waals surface area contributed by atoms with Crippen molar-refractivity contribution in [2.24, 2.45) is 0 Å². The molecule has 0 amide bonds. The number of hydrogen-bond donors (Lipinski definition) is 1. The topological polar surface area (TPSA) is 51.5 Å². The van der Waals surface area contributed by atoms with Crippen molar-refractivity contribution >= 4 is 16.9 Å². The van der Waals surface area contributed by atoms with Crippen LogP contribution < -0.4 is 0 Å². The molecule has 0 spiro atoms. The first-order chi connectivity index (χ1) is 8.27. The zero-order valence-corrected chi connectivity index (χ0v) is 9.72. The molecule has 1 heterocycles. The van der Waals surface area contributed by atoms with Gasteiger partial charge in [0, 0.05) is 17.4 Å². The van der Waals surface area contributed by atoms with E-state index in [0.29, 0.717) is 18.8 Å². The summed E-state index contributed by atoms with van der Waals surface area (Å²) in [5.41, 5.74) is 1.42. The van der Waals surface area contributed by atoms with Crippen molar-refractivity contribution in [2.45, 2.75) is 13.5 Å². The Kier molecular flexibility index (Phi) is 3.44. The summed E-state index contributed by atoms with van der Waals surface area (Å²) in [6, 6.07) is 9.48. The molecular weight excluding hydrogens is 218 g/mol. The van der Waals surface area contributed by atoms with Gasteiger partial charge < -0.3 is 14.4 Å². The minimum absolute atomic E-state index is 0.00885. The monoisotopic (exact) mass is 233 g/mol. The molecule has 90 valence electrons. The molecule has 4 heteroatoms. The minimum Gasteiger partial charge on any atom is -0.461 e. The Bertz CT molecular complexity index is 530. The first kappa shape index (κ1) is 11.7. The van der Waals surface area contributed by atoms with Crippen LogP contribution in [0, 0.1) is 0 Å². The number of fused-ring (bicyclic) bond motifs is 1. The van der Waals surface area contributed by atoms with Crippen LogP contribution in [0.3, 0.4) is 0 Å². The predicted octanol–water partition coefficient (Wildman–Crippen LogP) is 1.81. The molecule has 0 saturated heterocycles. The van der Waals surface area contributed by atoms with Crippen LogP contribution >= 0.6 is 0 Å². The van der Waals surface area contributed by atoms with Crippen LogP contribution in [0.2, 0.25) is 0 Å². The van der Waals surface area contributed by atoms with Gasteiger partial charge in [-0.05, 0) is 19.1 Å². The molecule has 0 unspecified atom stereocenters. The number of ether oxygens (including phenoxy) is 1. The molecule has 0 aliphatic carbocycles. The molecule has 4 nitrogen and oxygen atoms in total. The molecule has 0 fully saturated rings. The summed E-state index contributed by atoms with van der Waals surface area (Å²) in [5, 5.41) is 10.0. The quantitative estimate of drug-likeness (QED) is 0.819. The van der Waals surface area contributed by atoms with E-state index >= 15 is 0 Å². The number of para-hydroxylation sites is 1. The molecule has 0 saturated carbocycles. The van der Waals surface area contributed by atoms with E-state index in [2.05, 4.69) is 0 Å². The van der Waals surface area contributed by atoms with Crippen LogP contribution in [-0.4, -0.2) is 28.9 Å². The first-order valence-corrected chi connectivity index (χ1v) is 5.64. The number of aliphatic hydroxyl groups is 1. The van der Waals surface area contributed by atoms with Crippen molar-refractivity contribution in [1.29, 1.82) is 0 Å². The summed E-state index contributed by atoms with van der Waals surface area (Å²) in [5.74, 6) is -0.350. The van der Waals surface area contributed by atoms with Crippen molar-refractivity contribution < 1.29 is 14.6 Å². The standard InChI is InChI=1S/C13H15NO3/c1-2-17-13(16)12-9-10-5-3-4-6-11(10)14(12)7-8-15/h3-6,9,15H,2,7-8H2,1H3. The molecule has 1 N–H and O–H groups in total. The molecule has 0 radical (unpaired) electrons. The number of carbonyl (C=O) groups is 1. The lowest BCUT2D eigenvalue weighted by Crippen LogP contribution is -2.13. The van der Waals surface area contributed by atoms with Crippen LogP contribution in [0.15, 0.2) is 30.3 Å². The fourth-order valence-electron chi connectivity index (χ4n) is 1.93.